The van der Waals surface area contributed by atoms with Crippen molar-refractivity contribution >= 4 is 0 Å². The number of methoxy groups -OCH3 is 1. The number of nitrogens with zero attached hydrogens (tertiary/aromatic N) is 4. The molecule has 1 aromatic carbocycles. The zero-order valence-corrected chi connectivity index (χ0v) is 10.6. The number of nitrogens with one attached hydrogen (secondary N) is 1. The van der Waals surface area contributed by atoms with Crippen molar-refractivity contribution in [2.45, 2.75) is 20.1 Å². The molecular formula is C12H17N5O. The van der Waals surface area contributed by atoms with E-state index in [0.29, 0.717) is 13.2 Å². The number of hydrogen-bond acceptors (Lipinski definition) is 5. The molecule has 1 N–H and O–H groups in total. The third-order valence-corrected chi connectivity index (χ3v) is 2.53. The van der Waals surface area contributed by atoms with E-state index in [2.05, 4.69) is 20.8 Å². The monoisotopic (exact) mass is 247 g/mol. The van der Waals surface area contributed by atoms with Crippen molar-refractivity contribution in [3.05, 3.63) is 35.7 Å². The minimum Gasteiger partial charge on any atom is -0.380 e. The van der Waals surface area contributed by atoms with Gasteiger partial charge in [0, 0.05) is 7.11 Å². The predicted molar refractivity (Wildman–Crippen MR) is 67.2 cm³/mol. The van der Waals surface area contributed by atoms with Gasteiger partial charge in [0.1, 0.15) is 0 Å². The first kappa shape index (κ1) is 12.7. The Morgan fingerprint density at radius 3 is 3.06 bits per heavy atom. The molecule has 6 nitrogen and oxygen atoms in total. The molecule has 0 amide bonds. The van der Waals surface area contributed by atoms with Crippen molar-refractivity contribution in [2.24, 2.45) is 0 Å². The summed E-state index contributed by atoms with van der Waals surface area (Å²) in [7, 11) is 1.68. The third kappa shape index (κ3) is 2.91. The molecular weight excluding hydrogens is 230 g/mol. The maximum Gasteiger partial charge on any atom is 0.170 e. The minimum absolute atomic E-state index is 0.582. The molecule has 18 heavy (non-hydrogen) atoms. The second kappa shape index (κ2) is 6.23. The lowest BCUT2D eigenvalue weighted by Crippen LogP contribution is -2.16. The summed E-state index contributed by atoms with van der Waals surface area (Å²) in [6.45, 7) is 4.17. The van der Waals surface area contributed by atoms with E-state index in [-0.39, 0.29) is 0 Å². The maximum absolute atomic E-state index is 5.12. The summed E-state index contributed by atoms with van der Waals surface area (Å²) < 4.78 is 6.86. The van der Waals surface area contributed by atoms with Gasteiger partial charge in [0.2, 0.25) is 0 Å². The van der Waals surface area contributed by atoms with Crippen molar-refractivity contribution in [2.75, 3.05) is 13.7 Å². The lowest BCUT2D eigenvalue weighted by molar-refractivity contribution is 0.185. The van der Waals surface area contributed by atoms with Gasteiger partial charge in [0.15, 0.2) is 5.82 Å². The summed E-state index contributed by atoms with van der Waals surface area (Å²) in [6, 6.07) is 7.99. The lowest BCUT2D eigenvalue weighted by atomic mass is 10.2. The topological polar surface area (TPSA) is 64.9 Å². The van der Waals surface area contributed by atoms with Crippen LogP contribution in [0.3, 0.4) is 0 Å². The average Bonchev–Trinajstić information content (AvgIpc) is 2.85. The van der Waals surface area contributed by atoms with Crippen molar-refractivity contribution in [1.82, 2.24) is 25.5 Å². The second-order valence-corrected chi connectivity index (χ2v) is 3.89. The molecule has 2 rings (SSSR count). The highest BCUT2D eigenvalue weighted by Gasteiger charge is 2.07. The highest BCUT2D eigenvalue weighted by molar-refractivity contribution is 5.35. The molecule has 0 bridgehead atoms. The van der Waals surface area contributed by atoms with Crippen LogP contribution in [0.5, 0.6) is 0 Å². The van der Waals surface area contributed by atoms with Crippen LogP contribution < -0.4 is 5.32 Å². The molecule has 6 heteroatoms. The number of hydrogen-bond donors (Lipinski definition) is 1. The van der Waals surface area contributed by atoms with Gasteiger partial charge < -0.3 is 10.1 Å². The van der Waals surface area contributed by atoms with Crippen LogP contribution in [0.1, 0.15) is 18.3 Å². The third-order valence-electron chi connectivity index (χ3n) is 2.53. The van der Waals surface area contributed by atoms with Gasteiger partial charge in [-0.15, -0.1) is 5.10 Å². The van der Waals surface area contributed by atoms with E-state index < -0.39 is 0 Å². The van der Waals surface area contributed by atoms with Gasteiger partial charge in [-0.3, -0.25) is 0 Å². The van der Waals surface area contributed by atoms with Crippen LogP contribution in [0, 0.1) is 0 Å². The smallest absolute Gasteiger partial charge is 0.170 e. The van der Waals surface area contributed by atoms with Crippen LogP contribution in [0.25, 0.3) is 5.69 Å². The molecule has 0 unspecified atom stereocenters. The Morgan fingerprint density at radius 2 is 2.28 bits per heavy atom. The predicted octanol–water partition coefficient (Wildman–Crippen LogP) is 0.918. The quantitative estimate of drug-likeness (QED) is 0.822. The van der Waals surface area contributed by atoms with E-state index in [1.54, 1.807) is 11.8 Å². The molecule has 0 spiro atoms. The van der Waals surface area contributed by atoms with E-state index in [1.165, 1.54) is 0 Å². The van der Waals surface area contributed by atoms with E-state index in [1.807, 2.05) is 31.2 Å². The molecule has 0 atom stereocenters. The molecule has 2 aromatic rings. The van der Waals surface area contributed by atoms with Crippen LogP contribution in [-0.2, 0) is 17.9 Å². The summed E-state index contributed by atoms with van der Waals surface area (Å²) in [5.74, 6) is 0.798. The zero-order chi connectivity index (χ0) is 12.8. The largest absolute Gasteiger partial charge is 0.380 e. The van der Waals surface area contributed by atoms with Crippen molar-refractivity contribution in [3.63, 3.8) is 0 Å². The highest BCUT2D eigenvalue weighted by atomic mass is 16.5. The Bertz CT molecular complexity index is 497. The highest BCUT2D eigenvalue weighted by Crippen LogP contribution is 2.11. The second-order valence-electron chi connectivity index (χ2n) is 3.89. The van der Waals surface area contributed by atoms with E-state index in [9.17, 15) is 0 Å². The van der Waals surface area contributed by atoms with E-state index in [0.717, 1.165) is 23.6 Å². The van der Waals surface area contributed by atoms with E-state index >= 15 is 0 Å². The number of benzene rings is 1. The van der Waals surface area contributed by atoms with Gasteiger partial charge in [-0.05, 0) is 34.7 Å². The minimum atomic E-state index is 0.582. The maximum atomic E-state index is 5.12. The summed E-state index contributed by atoms with van der Waals surface area (Å²) in [6.07, 6.45) is 0. The molecule has 0 saturated carbocycles. The Morgan fingerprint density at radius 1 is 1.39 bits per heavy atom. The van der Waals surface area contributed by atoms with Gasteiger partial charge in [-0.1, -0.05) is 19.1 Å². The van der Waals surface area contributed by atoms with Crippen molar-refractivity contribution in [1.29, 1.82) is 0 Å². The van der Waals surface area contributed by atoms with Crippen LogP contribution >= 0.6 is 0 Å². The van der Waals surface area contributed by atoms with Gasteiger partial charge in [0.05, 0.1) is 18.8 Å². The Hall–Kier alpha value is -1.79. The molecule has 0 fully saturated rings. The fourth-order valence-corrected chi connectivity index (χ4v) is 1.70. The number of ether oxygens (including phenoxy) is 1. The van der Waals surface area contributed by atoms with Crippen molar-refractivity contribution in [3.8, 4) is 5.69 Å². The Labute approximate surface area is 106 Å². The molecule has 0 saturated heterocycles. The average molecular weight is 247 g/mol. The molecule has 0 radical (unpaired) electrons. The molecule has 0 aliphatic heterocycles. The molecule has 0 aliphatic carbocycles. The van der Waals surface area contributed by atoms with Gasteiger partial charge >= 0.3 is 0 Å². The van der Waals surface area contributed by atoms with Crippen LogP contribution in [-0.4, -0.2) is 33.9 Å². The first-order valence-corrected chi connectivity index (χ1v) is 5.91. The first-order chi connectivity index (χ1) is 8.85. The molecule has 1 aromatic heterocycles. The van der Waals surface area contributed by atoms with E-state index in [4.69, 9.17) is 4.74 Å². The van der Waals surface area contributed by atoms with Crippen LogP contribution in [0.2, 0.25) is 0 Å². The van der Waals surface area contributed by atoms with Crippen LogP contribution in [0.4, 0.5) is 0 Å². The number of aromatic nitrogens is 4. The van der Waals surface area contributed by atoms with Gasteiger partial charge in [-0.25, -0.2) is 0 Å². The zero-order valence-electron chi connectivity index (χ0n) is 10.6. The molecule has 0 aliphatic rings. The fraction of sp³-hybridized carbons (Fsp3) is 0.417. The standard InChI is InChI=1S/C12H17N5O/c1-3-13-8-12-14-15-16-17(12)11-6-4-5-10(7-11)9-18-2/h4-7,13H,3,8-9H2,1-2H3. The molecule has 1 heterocycles. The van der Waals surface area contributed by atoms with Crippen LogP contribution in [0.15, 0.2) is 24.3 Å². The number of tetrazole rings is 1. The summed E-state index contributed by atoms with van der Waals surface area (Å²) in [4.78, 5) is 0. The summed E-state index contributed by atoms with van der Waals surface area (Å²) in [5, 5.41) is 15.0. The normalized spacial score (nSPS) is 10.8. The fourth-order valence-electron chi connectivity index (χ4n) is 1.70. The number of rotatable bonds is 6. The Kier molecular flexibility index (Phi) is 4.38. The lowest BCUT2D eigenvalue weighted by Gasteiger charge is -2.06. The van der Waals surface area contributed by atoms with Gasteiger partial charge in [0.25, 0.3) is 0 Å². The summed E-state index contributed by atoms with van der Waals surface area (Å²) >= 11 is 0. The van der Waals surface area contributed by atoms with Crippen molar-refractivity contribution < 1.29 is 4.74 Å². The molecule has 96 valence electrons. The summed E-state index contributed by atoms with van der Waals surface area (Å²) in [5.41, 5.74) is 2.04. The van der Waals surface area contributed by atoms with Gasteiger partial charge in [-0.2, -0.15) is 4.68 Å². The SMILES string of the molecule is CCNCc1nnnn1-c1cccc(COC)c1. The first-order valence-electron chi connectivity index (χ1n) is 5.91. The Balaban J connectivity index is 2.24.